The van der Waals surface area contributed by atoms with Crippen LogP contribution in [0.15, 0.2) is 211 Å². The number of furan rings is 1. The fraction of sp³-hybridized carbons (Fsp3) is 0.0339. The zero-order valence-corrected chi connectivity index (χ0v) is 34.4. The van der Waals surface area contributed by atoms with Crippen molar-refractivity contribution in [3.05, 3.63) is 217 Å². The maximum atomic E-state index is 7.09. The highest BCUT2D eigenvalue weighted by atomic mass is 16.3. The predicted molar refractivity (Wildman–Crippen MR) is 260 cm³/mol. The Kier molecular flexibility index (Phi) is 8.93. The van der Waals surface area contributed by atoms with Crippen LogP contribution >= 0.6 is 0 Å². The molecule has 12 rings (SSSR count). The number of fused-ring (bicyclic) bond motifs is 5. The molecule has 0 bridgehead atoms. The minimum Gasteiger partial charge on any atom is -0.455 e. The molecule has 0 saturated heterocycles. The number of nitrogens with zero attached hydrogens (tertiary/aromatic N) is 3. The van der Waals surface area contributed by atoms with Crippen LogP contribution in [-0.4, -0.2) is 15.0 Å². The molecule has 2 aromatic heterocycles. The second-order valence-electron chi connectivity index (χ2n) is 16.2. The standard InChI is InChI=1S/C59H39N3O/c1-5-18-38(19-6-1)43-32-33-45(48-28-14-13-26-46(43)48)42-36-52(50-35-34-44(39-20-7-2-8-21-39)47-27-15-16-29-49(47)50)56-53(37-42)55-51(30-17-31-54(55)63-56)59-61-57(40-22-9-3-10-23-40)60-58(62-59)41-24-11-4-12-25-41/h1-13,15-27,29-37H,14,28H2. The van der Waals surface area contributed by atoms with Gasteiger partial charge in [0.25, 0.3) is 0 Å². The van der Waals surface area contributed by atoms with Crippen molar-refractivity contribution in [3.8, 4) is 78.7 Å². The second-order valence-corrected chi connectivity index (χ2v) is 16.2. The molecular weight excluding hydrogens is 767 g/mol. The number of allylic oxidation sites excluding steroid dienone is 1. The van der Waals surface area contributed by atoms with E-state index in [1.165, 1.54) is 49.7 Å². The summed E-state index contributed by atoms with van der Waals surface area (Å²) in [7, 11) is 0. The maximum Gasteiger partial charge on any atom is 0.164 e. The van der Waals surface area contributed by atoms with Crippen molar-refractivity contribution in [1.82, 2.24) is 15.0 Å². The normalized spacial score (nSPS) is 12.3. The summed E-state index contributed by atoms with van der Waals surface area (Å²) in [6.07, 6.45) is 6.58. The average Bonchev–Trinajstić information content (AvgIpc) is 3.75. The zero-order valence-electron chi connectivity index (χ0n) is 34.4. The smallest absolute Gasteiger partial charge is 0.164 e. The fourth-order valence-corrected chi connectivity index (χ4v) is 9.50. The molecule has 4 nitrogen and oxygen atoms in total. The van der Waals surface area contributed by atoms with Crippen LogP contribution in [0, 0.1) is 0 Å². The Balaban J connectivity index is 1.15. The molecule has 9 aromatic carbocycles. The van der Waals surface area contributed by atoms with Crippen LogP contribution in [0.4, 0.5) is 0 Å². The summed E-state index contributed by atoms with van der Waals surface area (Å²) in [5.41, 5.74) is 16.4. The molecule has 63 heavy (non-hydrogen) atoms. The Hall–Kier alpha value is -8.21. The van der Waals surface area contributed by atoms with Gasteiger partial charge in [-0.15, -0.1) is 0 Å². The van der Waals surface area contributed by atoms with Gasteiger partial charge in [0.15, 0.2) is 17.5 Å². The first-order valence-electron chi connectivity index (χ1n) is 21.6. The summed E-state index contributed by atoms with van der Waals surface area (Å²) in [5.74, 6) is 1.83. The van der Waals surface area contributed by atoms with Crippen LogP contribution in [0.3, 0.4) is 0 Å². The largest absolute Gasteiger partial charge is 0.455 e. The van der Waals surface area contributed by atoms with Crippen LogP contribution < -0.4 is 0 Å². The first kappa shape index (κ1) is 36.6. The van der Waals surface area contributed by atoms with Crippen LogP contribution in [-0.2, 0) is 6.42 Å². The van der Waals surface area contributed by atoms with Gasteiger partial charge >= 0.3 is 0 Å². The van der Waals surface area contributed by atoms with Gasteiger partial charge in [-0.05, 0) is 91.9 Å². The Morgan fingerprint density at radius 2 is 0.905 bits per heavy atom. The maximum absolute atomic E-state index is 7.09. The molecule has 0 radical (unpaired) electrons. The van der Waals surface area contributed by atoms with E-state index in [2.05, 4.69) is 146 Å². The van der Waals surface area contributed by atoms with Crippen LogP contribution in [0.25, 0.3) is 117 Å². The molecule has 0 fully saturated rings. The van der Waals surface area contributed by atoms with Gasteiger partial charge in [-0.3, -0.25) is 0 Å². The summed E-state index contributed by atoms with van der Waals surface area (Å²) in [6.45, 7) is 0. The molecule has 2 heterocycles. The Morgan fingerprint density at radius 3 is 1.57 bits per heavy atom. The summed E-state index contributed by atoms with van der Waals surface area (Å²) in [4.78, 5) is 15.4. The van der Waals surface area contributed by atoms with Gasteiger partial charge in [-0.1, -0.05) is 194 Å². The van der Waals surface area contributed by atoms with E-state index < -0.39 is 0 Å². The first-order valence-corrected chi connectivity index (χ1v) is 21.6. The third kappa shape index (κ3) is 6.43. The lowest BCUT2D eigenvalue weighted by atomic mass is 9.83. The first-order chi connectivity index (χ1) is 31.2. The van der Waals surface area contributed by atoms with Gasteiger partial charge < -0.3 is 4.42 Å². The summed E-state index contributed by atoms with van der Waals surface area (Å²) >= 11 is 0. The minimum absolute atomic E-state index is 0.593. The molecule has 0 atom stereocenters. The van der Waals surface area contributed by atoms with E-state index in [-0.39, 0.29) is 0 Å². The van der Waals surface area contributed by atoms with E-state index in [4.69, 9.17) is 19.4 Å². The van der Waals surface area contributed by atoms with Crippen molar-refractivity contribution in [3.63, 3.8) is 0 Å². The van der Waals surface area contributed by atoms with E-state index in [1.54, 1.807) is 0 Å². The molecule has 11 aromatic rings. The van der Waals surface area contributed by atoms with Gasteiger partial charge in [0.1, 0.15) is 11.2 Å². The van der Waals surface area contributed by atoms with Crippen molar-refractivity contribution < 1.29 is 4.42 Å². The second kappa shape index (κ2) is 15.4. The molecule has 0 unspecified atom stereocenters. The number of hydrogen-bond donors (Lipinski definition) is 0. The topological polar surface area (TPSA) is 51.8 Å². The predicted octanol–water partition coefficient (Wildman–Crippen LogP) is 15.6. The lowest BCUT2D eigenvalue weighted by Crippen LogP contribution is -2.01. The lowest BCUT2D eigenvalue weighted by Gasteiger charge is -2.21. The molecule has 0 N–H and O–H groups in total. The molecule has 1 aliphatic carbocycles. The molecule has 296 valence electrons. The molecule has 0 saturated carbocycles. The number of aromatic nitrogens is 3. The van der Waals surface area contributed by atoms with E-state index in [1.807, 2.05) is 66.7 Å². The highest BCUT2D eigenvalue weighted by molar-refractivity contribution is 6.18. The molecular formula is C59H39N3O. The third-order valence-corrected chi connectivity index (χ3v) is 12.4. The highest BCUT2D eigenvalue weighted by Gasteiger charge is 2.24. The van der Waals surface area contributed by atoms with E-state index in [0.29, 0.717) is 17.5 Å². The summed E-state index contributed by atoms with van der Waals surface area (Å²) < 4.78 is 7.09. The summed E-state index contributed by atoms with van der Waals surface area (Å²) in [5, 5.41) is 4.34. The lowest BCUT2D eigenvalue weighted by molar-refractivity contribution is 0.670. The van der Waals surface area contributed by atoms with E-state index in [9.17, 15) is 0 Å². The molecule has 0 aliphatic heterocycles. The van der Waals surface area contributed by atoms with Crippen molar-refractivity contribution in [2.45, 2.75) is 12.8 Å². The van der Waals surface area contributed by atoms with E-state index >= 15 is 0 Å². The van der Waals surface area contributed by atoms with Gasteiger partial charge in [0.2, 0.25) is 0 Å². The van der Waals surface area contributed by atoms with Crippen LogP contribution in [0.1, 0.15) is 17.5 Å². The van der Waals surface area contributed by atoms with Crippen molar-refractivity contribution in [1.29, 1.82) is 0 Å². The fourth-order valence-electron chi connectivity index (χ4n) is 9.50. The van der Waals surface area contributed by atoms with Gasteiger partial charge in [0.05, 0.1) is 0 Å². The minimum atomic E-state index is 0.593. The van der Waals surface area contributed by atoms with Gasteiger partial charge in [-0.25, -0.2) is 15.0 Å². The Morgan fingerprint density at radius 1 is 0.365 bits per heavy atom. The number of hydrogen-bond acceptors (Lipinski definition) is 4. The SMILES string of the molecule is C1=Cc2c(-c3ccccc3)ccc(-c3cc(-c4ccc(-c5ccccc5)c5ccccc45)c4oc5cccc(-c6nc(-c7ccccc7)nc(-c7ccccc7)n6)c5c4c3)c2CC1. The summed E-state index contributed by atoms with van der Waals surface area (Å²) in [6, 6.07) is 70.5. The monoisotopic (exact) mass is 805 g/mol. The molecule has 0 spiro atoms. The highest BCUT2D eigenvalue weighted by Crippen LogP contribution is 2.47. The third-order valence-electron chi connectivity index (χ3n) is 12.4. The number of rotatable bonds is 7. The van der Waals surface area contributed by atoms with Crippen molar-refractivity contribution in [2.75, 3.05) is 0 Å². The van der Waals surface area contributed by atoms with Crippen LogP contribution in [0.5, 0.6) is 0 Å². The van der Waals surface area contributed by atoms with Crippen molar-refractivity contribution >= 4 is 38.8 Å². The number of benzene rings is 9. The molecule has 4 heteroatoms. The van der Waals surface area contributed by atoms with Gasteiger partial charge in [-0.2, -0.15) is 0 Å². The molecule has 1 aliphatic rings. The van der Waals surface area contributed by atoms with Gasteiger partial charge in [0, 0.05) is 33.0 Å². The van der Waals surface area contributed by atoms with Crippen molar-refractivity contribution in [2.24, 2.45) is 0 Å². The molecule has 0 amide bonds. The Bertz CT molecular complexity index is 3480. The quantitative estimate of drug-likeness (QED) is 0.161. The van der Waals surface area contributed by atoms with E-state index in [0.717, 1.165) is 68.2 Å². The zero-order chi connectivity index (χ0) is 41.7. The Labute approximate surface area is 365 Å². The van der Waals surface area contributed by atoms with Crippen LogP contribution in [0.2, 0.25) is 0 Å². The average molecular weight is 806 g/mol.